The van der Waals surface area contributed by atoms with Gasteiger partial charge in [-0.2, -0.15) is 0 Å². The maximum absolute atomic E-state index is 13.1. The Kier molecular flexibility index (Phi) is 7.26. The molecule has 0 aromatic heterocycles. The molecule has 1 amide bonds. The molecule has 4 rings (SSSR count). The highest BCUT2D eigenvalue weighted by Crippen LogP contribution is 2.25. The van der Waals surface area contributed by atoms with Crippen LogP contribution in [0.1, 0.15) is 21.5 Å². The fourth-order valence-electron chi connectivity index (χ4n) is 3.64. The van der Waals surface area contributed by atoms with Gasteiger partial charge in [0.2, 0.25) is 0 Å². The van der Waals surface area contributed by atoms with Crippen molar-refractivity contribution < 1.29 is 17.9 Å². The lowest BCUT2D eigenvalue weighted by Crippen LogP contribution is -2.19. The Balaban J connectivity index is 1.48. The van der Waals surface area contributed by atoms with Crippen LogP contribution in [-0.2, 0) is 10.0 Å². The smallest absolute Gasteiger partial charge is 0.262 e. The van der Waals surface area contributed by atoms with Crippen LogP contribution in [0.25, 0.3) is 0 Å². The average Bonchev–Trinajstić information content (AvgIpc) is 2.87. The molecular formula is C28H27N3O4S. The first-order valence-electron chi connectivity index (χ1n) is 11.3. The molecule has 0 saturated heterocycles. The summed E-state index contributed by atoms with van der Waals surface area (Å²) in [6.07, 6.45) is 0. The number of hydrogen-bond donors (Lipinski definition) is 3. The number of carbonyl (C=O) groups excluding carboxylic acids is 1. The molecule has 8 heteroatoms. The van der Waals surface area contributed by atoms with Gasteiger partial charge >= 0.3 is 0 Å². The van der Waals surface area contributed by atoms with E-state index < -0.39 is 15.9 Å². The van der Waals surface area contributed by atoms with E-state index in [-0.39, 0.29) is 16.1 Å². The summed E-state index contributed by atoms with van der Waals surface area (Å²) < 4.78 is 33.9. The monoisotopic (exact) mass is 501 g/mol. The second-order valence-corrected chi connectivity index (χ2v) is 9.96. The number of nitrogens with one attached hydrogen (secondary N) is 3. The number of amides is 1. The summed E-state index contributed by atoms with van der Waals surface area (Å²) in [5.74, 6) is 0.348. The van der Waals surface area contributed by atoms with E-state index in [1.54, 1.807) is 62.6 Å². The summed E-state index contributed by atoms with van der Waals surface area (Å²) in [7, 11) is -2.26. The Morgan fingerprint density at radius 1 is 0.778 bits per heavy atom. The van der Waals surface area contributed by atoms with Gasteiger partial charge in [-0.15, -0.1) is 0 Å². The predicted molar refractivity (Wildman–Crippen MR) is 144 cm³/mol. The van der Waals surface area contributed by atoms with Crippen molar-refractivity contribution in [3.8, 4) is 5.75 Å². The molecule has 0 spiro atoms. The lowest BCUT2D eigenvalue weighted by atomic mass is 10.1. The van der Waals surface area contributed by atoms with E-state index in [0.717, 1.165) is 22.7 Å². The highest BCUT2D eigenvalue weighted by molar-refractivity contribution is 7.92. The second-order valence-electron chi connectivity index (χ2n) is 8.31. The molecule has 36 heavy (non-hydrogen) atoms. The molecule has 0 radical (unpaired) electrons. The van der Waals surface area contributed by atoms with Gasteiger partial charge in [0, 0.05) is 17.1 Å². The van der Waals surface area contributed by atoms with Gasteiger partial charge in [0.05, 0.1) is 23.3 Å². The Morgan fingerprint density at radius 2 is 1.39 bits per heavy atom. The van der Waals surface area contributed by atoms with E-state index in [0.29, 0.717) is 11.3 Å². The van der Waals surface area contributed by atoms with E-state index in [9.17, 15) is 13.2 Å². The molecular weight excluding hydrogens is 474 g/mol. The molecule has 3 N–H and O–H groups in total. The number of hydrogen-bond acceptors (Lipinski definition) is 5. The van der Waals surface area contributed by atoms with E-state index in [1.807, 2.05) is 49.4 Å². The van der Waals surface area contributed by atoms with Crippen molar-refractivity contribution in [3.05, 3.63) is 108 Å². The Labute approximate surface area is 211 Å². The molecule has 0 saturated carbocycles. The number of aryl methyl sites for hydroxylation is 2. The summed E-state index contributed by atoms with van der Waals surface area (Å²) in [6.45, 7) is 3.57. The van der Waals surface area contributed by atoms with Crippen LogP contribution in [0.15, 0.2) is 95.9 Å². The van der Waals surface area contributed by atoms with Gasteiger partial charge < -0.3 is 15.4 Å². The van der Waals surface area contributed by atoms with Gasteiger partial charge in [-0.05, 0) is 91.7 Å². The highest BCUT2D eigenvalue weighted by atomic mass is 32.2. The van der Waals surface area contributed by atoms with Crippen LogP contribution in [0.5, 0.6) is 5.75 Å². The summed E-state index contributed by atoms with van der Waals surface area (Å²) in [5, 5.41) is 6.11. The van der Waals surface area contributed by atoms with Gasteiger partial charge in [-0.3, -0.25) is 9.52 Å². The minimum Gasteiger partial charge on any atom is -0.497 e. The number of rotatable bonds is 8. The molecule has 0 aliphatic rings. The third-order valence-electron chi connectivity index (χ3n) is 5.57. The summed E-state index contributed by atoms with van der Waals surface area (Å²) in [5.41, 5.74) is 4.20. The van der Waals surface area contributed by atoms with Crippen LogP contribution >= 0.6 is 0 Å². The zero-order valence-electron chi connectivity index (χ0n) is 20.2. The molecule has 0 heterocycles. The van der Waals surface area contributed by atoms with Crippen LogP contribution < -0.4 is 20.1 Å². The number of ether oxygens (including phenoxy) is 1. The standard InChI is InChI=1S/C28H27N3O4S/c1-19-8-9-20(2)27(18-19)36(33,34)31-26-7-5-4-6-25(26)28(32)30-23-12-10-21(11-13-23)29-22-14-16-24(35-3)17-15-22/h4-18,29,31H,1-3H3,(H,30,32). The molecule has 4 aromatic carbocycles. The largest absolute Gasteiger partial charge is 0.497 e. The maximum atomic E-state index is 13.1. The normalized spacial score (nSPS) is 11.0. The molecule has 7 nitrogen and oxygen atoms in total. The average molecular weight is 502 g/mol. The minimum atomic E-state index is -3.88. The number of carbonyl (C=O) groups is 1. The maximum Gasteiger partial charge on any atom is 0.262 e. The zero-order chi connectivity index (χ0) is 25.7. The van der Waals surface area contributed by atoms with Crippen molar-refractivity contribution in [3.63, 3.8) is 0 Å². The highest BCUT2D eigenvalue weighted by Gasteiger charge is 2.20. The first-order chi connectivity index (χ1) is 17.2. The summed E-state index contributed by atoms with van der Waals surface area (Å²) in [4.78, 5) is 13.2. The van der Waals surface area contributed by atoms with E-state index in [2.05, 4.69) is 15.4 Å². The number of anilines is 4. The quantitative estimate of drug-likeness (QED) is 0.271. The van der Waals surface area contributed by atoms with Gasteiger partial charge in [-0.25, -0.2) is 8.42 Å². The summed E-state index contributed by atoms with van der Waals surface area (Å²) in [6, 6.07) is 26.5. The van der Waals surface area contributed by atoms with Gasteiger partial charge in [-0.1, -0.05) is 24.3 Å². The summed E-state index contributed by atoms with van der Waals surface area (Å²) >= 11 is 0. The second kappa shape index (κ2) is 10.5. The third-order valence-corrected chi connectivity index (χ3v) is 7.08. The first-order valence-corrected chi connectivity index (χ1v) is 12.7. The number of methoxy groups -OCH3 is 1. The lowest BCUT2D eigenvalue weighted by Gasteiger charge is -2.15. The molecule has 4 aromatic rings. The van der Waals surface area contributed by atoms with Crippen molar-refractivity contribution in [2.45, 2.75) is 18.7 Å². The fourth-order valence-corrected chi connectivity index (χ4v) is 5.05. The molecule has 0 atom stereocenters. The van der Waals surface area contributed by atoms with Crippen molar-refractivity contribution in [2.24, 2.45) is 0 Å². The van der Waals surface area contributed by atoms with Crippen molar-refractivity contribution in [1.82, 2.24) is 0 Å². The molecule has 0 unspecified atom stereocenters. The van der Waals surface area contributed by atoms with Gasteiger partial charge in [0.15, 0.2) is 0 Å². The Hall–Kier alpha value is -4.30. The van der Waals surface area contributed by atoms with E-state index >= 15 is 0 Å². The van der Waals surface area contributed by atoms with E-state index in [1.165, 1.54) is 0 Å². The van der Waals surface area contributed by atoms with Crippen molar-refractivity contribution in [2.75, 3.05) is 22.5 Å². The van der Waals surface area contributed by atoms with Crippen LogP contribution in [0.4, 0.5) is 22.7 Å². The lowest BCUT2D eigenvalue weighted by molar-refractivity contribution is 0.102. The Morgan fingerprint density at radius 3 is 2.06 bits per heavy atom. The van der Waals surface area contributed by atoms with Crippen molar-refractivity contribution in [1.29, 1.82) is 0 Å². The van der Waals surface area contributed by atoms with E-state index in [4.69, 9.17) is 4.74 Å². The van der Waals surface area contributed by atoms with Gasteiger partial charge in [0.1, 0.15) is 5.75 Å². The molecule has 184 valence electrons. The number of benzene rings is 4. The Bertz CT molecular complexity index is 1480. The zero-order valence-corrected chi connectivity index (χ0v) is 21.0. The predicted octanol–water partition coefficient (Wildman–Crippen LogP) is 6.11. The SMILES string of the molecule is COc1ccc(Nc2ccc(NC(=O)c3ccccc3NS(=O)(=O)c3cc(C)ccc3C)cc2)cc1. The molecule has 0 aliphatic heterocycles. The minimum absolute atomic E-state index is 0.178. The number of para-hydroxylation sites is 1. The molecule has 0 fully saturated rings. The molecule has 0 aliphatic carbocycles. The van der Waals surface area contributed by atoms with Crippen LogP contribution in [0, 0.1) is 13.8 Å². The number of sulfonamides is 1. The third kappa shape index (κ3) is 5.84. The topological polar surface area (TPSA) is 96.5 Å². The van der Waals surface area contributed by atoms with Crippen LogP contribution in [0.3, 0.4) is 0 Å². The fraction of sp³-hybridized carbons (Fsp3) is 0.107. The molecule has 0 bridgehead atoms. The van der Waals surface area contributed by atoms with Crippen LogP contribution in [-0.4, -0.2) is 21.4 Å². The van der Waals surface area contributed by atoms with Gasteiger partial charge in [0.25, 0.3) is 15.9 Å². The van der Waals surface area contributed by atoms with Crippen LogP contribution in [0.2, 0.25) is 0 Å². The van der Waals surface area contributed by atoms with Crippen molar-refractivity contribution >= 4 is 38.7 Å². The first kappa shape index (κ1) is 24.8.